The van der Waals surface area contributed by atoms with E-state index >= 15 is 0 Å². The Morgan fingerprint density at radius 3 is 2.91 bits per heavy atom. The lowest BCUT2D eigenvalue weighted by atomic mass is 10.3. The Morgan fingerprint density at radius 1 is 1.73 bits per heavy atom. The number of hydrogen-bond acceptors (Lipinski definition) is 4. The number of carbonyl (C=O) groups is 1. The normalized spacial score (nSPS) is 9.82. The van der Waals surface area contributed by atoms with Crippen molar-refractivity contribution in [1.82, 2.24) is 10.1 Å². The van der Waals surface area contributed by atoms with Crippen molar-refractivity contribution >= 4 is 5.97 Å². The molecule has 0 radical (unpaired) electrons. The van der Waals surface area contributed by atoms with Crippen molar-refractivity contribution in [2.45, 2.75) is 12.8 Å². The summed E-state index contributed by atoms with van der Waals surface area (Å²) in [5.74, 6) is -1.34. The zero-order chi connectivity index (χ0) is 8.27. The maximum atomic E-state index is 10.3. The minimum atomic E-state index is -0.936. The second-order valence-electron chi connectivity index (χ2n) is 1.94. The average molecular weight is 158 g/mol. The van der Waals surface area contributed by atoms with Crippen molar-refractivity contribution < 1.29 is 14.4 Å². The fraction of sp³-hybridized carbons (Fsp3) is 0.400. The third kappa shape index (κ3) is 2.24. The van der Waals surface area contributed by atoms with Crippen LogP contribution in [0.4, 0.5) is 0 Å². The van der Waals surface area contributed by atoms with Gasteiger partial charge in [0, 0.05) is 6.42 Å². The van der Waals surface area contributed by atoms with E-state index in [1.54, 1.807) is 0 Å². The molecule has 0 spiro atoms. The van der Waals surface area contributed by atoms with Gasteiger partial charge in [-0.1, -0.05) is 5.16 Å². The number of aryl methyl sites for hydroxylation is 1. The third-order valence-corrected chi connectivity index (χ3v) is 1.06. The molecule has 0 bridgehead atoms. The van der Waals surface area contributed by atoms with Gasteiger partial charge in [-0.15, -0.1) is 0 Å². The van der Waals surface area contributed by atoms with Crippen LogP contribution in [0.5, 0.6) is 0 Å². The van der Waals surface area contributed by atoms with Crippen LogP contribution in [0.1, 0.15) is 12.2 Å². The number of aliphatic carboxylic acids is 1. The molecule has 0 aliphatic carbocycles. The molecule has 1 heterocycles. The molecule has 0 fully saturated rings. The first-order valence-electron chi connectivity index (χ1n) is 2.95. The standard InChI is InChI=1S/C5H6N2O4/c8-4(9)2-1-3-6-5(10)11-7-3/h1-2H2,(H,8,9)(H,6,7,10). The minimum Gasteiger partial charge on any atom is -0.481 e. The van der Waals surface area contributed by atoms with Crippen molar-refractivity contribution in [3.63, 3.8) is 0 Å². The van der Waals surface area contributed by atoms with Gasteiger partial charge < -0.3 is 5.11 Å². The van der Waals surface area contributed by atoms with E-state index in [9.17, 15) is 9.59 Å². The fourth-order valence-corrected chi connectivity index (χ4v) is 0.593. The first-order valence-corrected chi connectivity index (χ1v) is 2.95. The second-order valence-corrected chi connectivity index (χ2v) is 1.94. The smallest absolute Gasteiger partial charge is 0.438 e. The molecule has 0 saturated heterocycles. The quantitative estimate of drug-likeness (QED) is 0.611. The van der Waals surface area contributed by atoms with Gasteiger partial charge in [0.15, 0.2) is 5.82 Å². The number of nitrogens with zero attached hydrogens (tertiary/aromatic N) is 1. The van der Waals surface area contributed by atoms with E-state index in [0.717, 1.165) is 0 Å². The molecule has 1 rings (SSSR count). The molecular formula is C5H6N2O4. The highest BCUT2D eigenvalue weighted by Gasteiger charge is 2.02. The molecule has 2 N–H and O–H groups in total. The van der Waals surface area contributed by atoms with Crippen molar-refractivity contribution in [3.8, 4) is 0 Å². The Kier molecular flexibility index (Phi) is 2.05. The van der Waals surface area contributed by atoms with Crippen LogP contribution in [0.15, 0.2) is 9.32 Å². The lowest BCUT2D eigenvalue weighted by Gasteiger charge is -1.86. The van der Waals surface area contributed by atoms with Gasteiger partial charge in [0.2, 0.25) is 0 Å². The molecule has 11 heavy (non-hydrogen) atoms. The SMILES string of the molecule is O=C(O)CCc1noc(=O)[nH]1. The molecule has 0 saturated carbocycles. The second kappa shape index (κ2) is 3.00. The lowest BCUT2D eigenvalue weighted by molar-refractivity contribution is -0.137. The lowest BCUT2D eigenvalue weighted by Crippen LogP contribution is -2.01. The summed E-state index contributed by atoms with van der Waals surface area (Å²) in [6.07, 6.45) is 0.115. The highest BCUT2D eigenvalue weighted by atomic mass is 16.5. The highest BCUT2D eigenvalue weighted by Crippen LogP contribution is 1.91. The summed E-state index contributed by atoms with van der Waals surface area (Å²) in [6, 6.07) is 0. The Morgan fingerprint density at radius 2 is 2.45 bits per heavy atom. The monoisotopic (exact) mass is 158 g/mol. The van der Waals surface area contributed by atoms with Gasteiger partial charge in [-0.3, -0.25) is 14.3 Å². The highest BCUT2D eigenvalue weighted by molar-refractivity contribution is 5.66. The summed E-state index contributed by atoms with van der Waals surface area (Å²) in [6.45, 7) is 0. The van der Waals surface area contributed by atoms with Crippen LogP contribution < -0.4 is 5.76 Å². The number of aromatic nitrogens is 2. The Bertz CT molecular complexity index is 299. The molecule has 0 atom stereocenters. The van der Waals surface area contributed by atoms with Crippen LogP contribution >= 0.6 is 0 Å². The number of nitrogens with one attached hydrogen (secondary N) is 1. The summed E-state index contributed by atoms with van der Waals surface area (Å²) < 4.78 is 4.14. The largest absolute Gasteiger partial charge is 0.481 e. The predicted molar refractivity (Wildman–Crippen MR) is 33.1 cm³/mol. The Labute approximate surface area is 60.8 Å². The van der Waals surface area contributed by atoms with Crippen LogP contribution in [0.25, 0.3) is 0 Å². The van der Waals surface area contributed by atoms with Crippen LogP contribution in [0.2, 0.25) is 0 Å². The molecule has 0 aliphatic rings. The van der Waals surface area contributed by atoms with Gasteiger partial charge >= 0.3 is 11.7 Å². The van der Waals surface area contributed by atoms with E-state index in [-0.39, 0.29) is 18.7 Å². The van der Waals surface area contributed by atoms with E-state index in [4.69, 9.17) is 5.11 Å². The number of carboxylic acid groups (broad SMARTS) is 1. The summed E-state index contributed by atoms with van der Waals surface area (Å²) in [5, 5.41) is 11.5. The van der Waals surface area contributed by atoms with Crippen LogP contribution in [0.3, 0.4) is 0 Å². The zero-order valence-electron chi connectivity index (χ0n) is 5.53. The topological polar surface area (TPSA) is 96.2 Å². The predicted octanol–water partition coefficient (Wildman–Crippen LogP) is -0.620. The van der Waals surface area contributed by atoms with Gasteiger partial charge in [0.05, 0.1) is 6.42 Å². The van der Waals surface area contributed by atoms with Gasteiger partial charge in [0.1, 0.15) is 0 Å². The van der Waals surface area contributed by atoms with Gasteiger partial charge in [-0.25, -0.2) is 4.79 Å². The minimum absolute atomic E-state index is 0.0670. The molecule has 0 aliphatic heterocycles. The van der Waals surface area contributed by atoms with E-state index in [0.29, 0.717) is 0 Å². The molecule has 1 aromatic heterocycles. The maximum Gasteiger partial charge on any atom is 0.438 e. The van der Waals surface area contributed by atoms with Gasteiger partial charge in [-0.05, 0) is 0 Å². The molecule has 6 heteroatoms. The number of rotatable bonds is 3. The fourth-order valence-electron chi connectivity index (χ4n) is 0.593. The number of aromatic amines is 1. The first kappa shape index (κ1) is 7.52. The molecule has 60 valence electrons. The zero-order valence-corrected chi connectivity index (χ0v) is 5.53. The molecule has 0 unspecified atom stereocenters. The average Bonchev–Trinajstić information content (AvgIpc) is 2.31. The molecule has 0 amide bonds. The summed E-state index contributed by atoms with van der Waals surface area (Å²) in [5.41, 5.74) is 0. The Balaban J connectivity index is 2.51. The van der Waals surface area contributed by atoms with Crippen molar-refractivity contribution in [2.24, 2.45) is 0 Å². The molecule has 6 nitrogen and oxygen atoms in total. The molecule has 0 aromatic carbocycles. The summed E-state index contributed by atoms with van der Waals surface area (Å²) >= 11 is 0. The van der Waals surface area contributed by atoms with Crippen LogP contribution in [0, 0.1) is 0 Å². The van der Waals surface area contributed by atoms with Crippen molar-refractivity contribution in [2.75, 3.05) is 0 Å². The number of H-pyrrole nitrogens is 1. The Hall–Kier alpha value is -1.59. The van der Waals surface area contributed by atoms with Gasteiger partial charge in [0.25, 0.3) is 0 Å². The first-order chi connectivity index (χ1) is 5.18. The van der Waals surface area contributed by atoms with Crippen molar-refractivity contribution in [3.05, 3.63) is 16.4 Å². The van der Waals surface area contributed by atoms with Crippen LogP contribution in [-0.4, -0.2) is 21.2 Å². The molecule has 1 aromatic rings. The molecular weight excluding hydrogens is 152 g/mol. The number of carboxylic acids is 1. The number of hydrogen-bond donors (Lipinski definition) is 2. The van der Waals surface area contributed by atoms with E-state index in [2.05, 4.69) is 14.7 Å². The summed E-state index contributed by atoms with van der Waals surface area (Å²) in [4.78, 5) is 22.6. The maximum absolute atomic E-state index is 10.3. The van der Waals surface area contributed by atoms with E-state index in [1.165, 1.54) is 0 Å². The third-order valence-electron chi connectivity index (χ3n) is 1.06. The summed E-state index contributed by atoms with van der Waals surface area (Å²) in [7, 11) is 0. The van der Waals surface area contributed by atoms with E-state index in [1.807, 2.05) is 0 Å². The van der Waals surface area contributed by atoms with E-state index < -0.39 is 11.7 Å². The van der Waals surface area contributed by atoms with Crippen molar-refractivity contribution in [1.29, 1.82) is 0 Å². The van der Waals surface area contributed by atoms with Crippen LogP contribution in [-0.2, 0) is 11.2 Å². The van der Waals surface area contributed by atoms with Gasteiger partial charge in [-0.2, -0.15) is 0 Å².